The number of fused-ring (bicyclic) bond motifs is 1. The molecule has 1 unspecified atom stereocenters. The Kier molecular flexibility index (Phi) is 2.49. The van der Waals surface area contributed by atoms with Crippen molar-refractivity contribution in [1.29, 1.82) is 0 Å². The van der Waals surface area contributed by atoms with Gasteiger partial charge < -0.3 is 15.2 Å². The van der Waals surface area contributed by atoms with Crippen molar-refractivity contribution in [2.45, 2.75) is 31.2 Å². The zero-order valence-electron chi connectivity index (χ0n) is 9.83. The Morgan fingerprint density at radius 2 is 2.00 bits per heavy atom. The van der Waals surface area contributed by atoms with Gasteiger partial charge in [0.05, 0.1) is 0 Å². The first kappa shape index (κ1) is 11.2. The maximum Gasteiger partial charge on any atom is 0.166 e. The number of halogens is 1. The van der Waals surface area contributed by atoms with Gasteiger partial charge in [-0.2, -0.15) is 0 Å². The SMILES string of the molecule is CC(N)C1(c2c(Cl)ccc3c2OCCO3)CC1. The van der Waals surface area contributed by atoms with E-state index >= 15 is 0 Å². The maximum atomic E-state index is 6.34. The van der Waals surface area contributed by atoms with Crippen molar-refractivity contribution in [2.75, 3.05) is 13.2 Å². The first-order valence-electron chi connectivity index (χ1n) is 5.99. The van der Waals surface area contributed by atoms with Crippen LogP contribution in [-0.4, -0.2) is 19.3 Å². The summed E-state index contributed by atoms with van der Waals surface area (Å²) in [5, 5.41) is 0.740. The predicted octanol–water partition coefficient (Wildman–Crippen LogP) is 2.49. The van der Waals surface area contributed by atoms with Crippen molar-refractivity contribution in [3.8, 4) is 11.5 Å². The fourth-order valence-electron chi connectivity index (χ4n) is 2.62. The van der Waals surface area contributed by atoms with E-state index in [1.807, 2.05) is 19.1 Å². The molecule has 0 radical (unpaired) electrons. The maximum absolute atomic E-state index is 6.34. The third-order valence-electron chi connectivity index (χ3n) is 3.82. The highest BCUT2D eigenvalue weighted by Gasteiger charge is 2.51. The molecule has 0 saturated heterocycles. The van der Waals surface area contributed by atoms with Crippen LogP contribution in [-0.2, 0) is 5.41 Å². The molecule has 0 spiro atoms. The van der Waals surface area contributed by atoms with Crippen LogP contribution in [0.4, 0.5) is 0 Å². The molecule has 1 fully saturated rings. The summed E-state index contributed by atoms with van der Waals surface area (Å²) in [4.78, 5) is 0. The van der Waals surface area contributed by atoms with E-state index in [0.29, 0.717) is 13.2 Å². The van der Waals surface area contributed by atoms with Crippen molar-refractivity contribution < 1.29 is 9.47 Å². The summed E-state index contributed by atoms with van der Waals surface area (Å²) in [5.41, 5.74) is 7.15. The van der Waals surface area contributed by atoms with E-state index in [-0.39, 0.29) is 11.5 Å². The van der Waals surface area contributed by atoms with Crippen LogP contribution in [0.3, 0.4) is 0 Å². The van der Waals surface area contributed by atoms with Gasteiger partial charge in [-0.3, -0.25) is 0 Å². The smallest absolute Gasteiger partial charge is 0.166 e. The summed E-state index contributed by atoms with van der Waals surface area (Å²) in [6, 6.07) is 3.83. The van der Waals surface area contributed by atoms with Gasteiger partial charge >= 0.3 is 0 Å². The molecule has 1 aromatic carbocycles. The molecule has 0 aromatic heterocycles. The van der Waals surface area contributed by atoms with Crippen LogP contribution in [0.5, 0.6) is 11.5 Å². The zero-order chi connectivity index (χ0) is 12.0. The number of ether oxygens (including phenoxy) is 2. The van der Waals surface area contributed by atoms with Gasteiger partial charge in [0.2, 0.25) is 0 Å². The highest BCUT2D eigenvalue weighted by molar-refractivity contribution is 6.31. The fourth-order valence-corrected chi connectivity index (χ4v) is 2.96. The zero-order valence-corrected chi connectivity index (χ0v) is 10.6. The average Bonchev–Trinajstić information content (AvgIpc) is 3.10. The first-order chi connectivity index (χ1) is 8.15. The molecule has 1 aromatic rings. The number of rotatable bonds is 2. The molecule has 0 amide bonds. The molecular weight excluding hydrogens is 238 g/mol. The number of benzene rings is 1. The van der Waals surface area contributed by atoms with Gasteiger partial charge in [-0.05, 0) is 31.9 Å². The fraction of sp³-hybridized carbons (Fsp3) is 0.538. The van der Waals surface area contributed by atoms with E-state index < -0.39 is 0 Å². The van der Waals surface area contributed by atoms with Gasteiger partial charge in [0.25, 0.3) is 0 Å². The summed E-state index contributed by atoms with van der Waals surface area (Å²) in [6.07, 6.45) is 2.15. The van der Waals surface area contributed by atoms with Crippen LogP contribution >= 0.6 is 11.6 Å². The largest absolute Gasteiger partial charge is 0.486 e. The van der Waals surface area contributed by atoms with Crippen LogP contribution in [0, 0.1) is 0 Å². The Hall–Kier alpha value is -0.930. The second kappa shape index (κ2) is 3.79. The highest BCUT2D eigenvalue weighted by atomic mass is 35.5. The lowest BCUT2D eigenvalue weighted by atomic mass is 9.88. The Morgan fingerprint density at radius 1 is 1.29 bits per heavy atom. The lowest BCUT2D eigenvalue weighted by molar-refractivity contribution is 0.168. The summed E-state index contributed by atoms with van der Waals surface area (Å²) in [7, 11) is 0. The molecule has 2 N–H and O–H groups in total. The molecule has 3 nitrogen and oxygen atoms in total. The molecule has 3 rings (SSSR count). The third-order valence-corrected chi connectivity index (χ3v) is 4.13. The number of nitrogens with two attached hydrogens (primary N) is 1. The molecule has 1 aliphatic carbocycles. The molecule has 0 bridgehead atoms. The molecule has 17 heavy (non-hydrogen) atoms. The van der Waals surface area contributed by atoms with Crippen molar-refractivity contribution in [3.63, 3.8) is 0 Å². The average molecular weight is 254 g/mol. The molecule has 2 aliphatic rings. The van der Waals surface area contributed by atoms with E-state index in [4.69, 9.17) is 26.8 Å². The lowest BCUT2D eigenvalue weighted by Crippen LogP contribution is -2.33. The molecule has 1 aliphatic heterocycles. The summed E-state index contributed by atoms with van der Waals surface area (Å²) >= 11 is 6.34. The molecule has 1 saturated carbocycles. The Balaban J connectivity index is 2.15. The normalized spacial score (nSPS) is 22.1. The number of hydrogen-bond acceptors (Lipinski definition) is 3. The predicted molar refractivity (Wildman–Crippen MR) is 67.0 cm³/mol. The van der Waals surface area contributed by atoms with Gasteiger partial charge in [0.15, 0.2) is 11.5 Å². The summed E-state index contributed by atoms with van der Waals surface area (Å²) in [5.74, 6) is 1.60. The molecule has 92 valence electrons. The van der Waals surface area contributed by atoms with Crippen molar-refractivity contribution in [3.05, 3.63) is 22.7 Å². The summed E-state index contributed by atoms with van der Waals surface area (Å²) < 4.78 is 11.3. The van der Waals surface area contributed by atoms with E-state index in [1.54, 1.807) is 0 Å². The van der Waals surface area contributed by atoms with Crippen molar-refractivity contribution >= 4 is 11.6 Å². The summed E-state index contributed by atoms with van der Waals surface area (Å²) in [6.45, 7) is 3.21. The van der Waals surface area contributed by atoms with E-state index in [0.717, 1.165) is 34.9 Å². The Bertz CT molecular complexity index is 455. The third kappa shape index (κ3) is 1.60. The first-order valence-corrected chi connectivity index (χ1v) is 6.37. The number of hydrogen-bond donors (Lipinski definition) is 1. The van der Waals surface area contributed by atoms with Crippen molar-refractivity contribution in [1.82, 2.24) is 0 Å². The lowest BCUT2D eigenvalue weighted by Gasteiger charge is -2.28. The monoisotopic (exact) mass is 253 g/mol. The minimum absolute atomic E-state index is 0.0108. The van der Waals surface area contributed by atoms with Crippen molar-refractivity contribution in [2.24, 2.45) is 5.73 Å². The van der Waals surface area contributed by atoms with Crippen LogP contribution in [0.2, 0.25) is 5.02 Å². The van der Waals surface area contributed by atoms with E-state index in [9.17, 15) is 0 Å². The standard InChI is InChI=1S/C13H16ClNO2/c1-8(15)13(4-5-13)11-9(14)2-3-10-12(11)17-7-6-16-10/h2-3,8H,4-7,15H2,1H3. The van der Waals surface area contributed by atoms with Crippen LogP contribution < -0.4 is 15.2 Å². The van der Waals surface area contributed by atoms with E-state index in [2.05, 4.69) is 0 Å². The second-order valence-corrected chi connectivity index (χ2v) is 5.30. The second-order valence-electron chi connectivity index (χ2n) is 4.89. The van der Waals surface area contributed by atoms with Crippen LogP contribution in [0.15, 0.2) is 12.1 Å². The Labute approximate surface area is 106 Å². The topological polar surface area (TPSA) is 44.5 Å². The van der Waals surface area contributed by atoms with Crippen LogP contribution in [0.1, 0.15) is 25.3 Å². The van der Waals surface area contributed by atoms with Gasteiger partial charge in [0.1, 0.15) is 13.2 Å². The van der Waals surface area contributed by atoms with E-state index in [1.165, 1.54) is 0 Å². The molecular formula is C13H16ClNO2. The van der Waals surface area contributed by atoms with Gasteiger partial charge in [-0.1, -0.05) is 11.6 Å². The molecule has 1 atom stereocenters. The minimum atomic E-state index is -0.0108. The molecule has 1 heterocycles. The minimum Gasteiger partial charge on any atom is -0.486 e. The highest BCUT2D eigenvalue weighted by Crippen LogP contribution is 2.57. The quantitative estimate of drug-likeness (QED) is 0.881. The molecule has 4 heteroatoms. The van der Waals surface area contributed by atoms with Gasteiger partial charge in [0, 0.05) is 22.0 Å². The van der Waals surface area contributed by atoms with Crippen LogP contribution in [0.25, 0.3) is 0 Å². The van der Waals surface area contributed by atoms with Gasteiger partial charge in [-0.25, -0.2) is 0 Å². The Morgan fingerprint density at radius 3 is 2.65 bits per heavy atom. The van der Waals surface area contributed by atoms with Gasteiger partial charge in [-0.15, -0.1) is 0 Å².